The van der Waals surface area contributed by atoms with E-state index in [1.54, 1.807) is 0 Å². The van der Waals surface area contributed by atoms with Gasteiger partial charge >= 0.3 is 0 Å². The van der Waals surface area contributed by atoms with Crippen LogP contribution in [0.4, 0.5) is 0 Å². The highest BCUT2D eigenvalue weighted by Gasteiger charge is 2.21. The van der Waals surface area contributed by atoms with Gasteiger partial charge in [0.05, 0.1) is 5.69 Å². The predicted octanol–water partition coefficient (Wildman–Crippen LogP) is 4.07. The molecule has 0 bridgehead atoms. The number of benzene rings is 1. The van der Waals surface area contributed by atoms with Gasteiger partial charge in [0.25, 0.3) is 0 Å². The Morgan fingerprint density at radius 1 is 1.22 bits per heavy atom. The number of halogens is 1. The van der Waals surface area contributed by atoms with E-state index in [4.69, 9.17) is 0 Å². The zero-order valence-corrected chi connectivity index (χ0v) is 11.8. The third-order valence-corrected chi connectivity index (χ3v) is 4.57. The lowest BCUT2D eigenvalue weighted by Gasteiger charge is -2.16. The molecule has 0 saturated carbocycles. The molecule has 0 N–H and O–H groups in total. The van der Waals surface area contributed by atoms with E-state index in [0.29, 0.717) is 6.42 Å². The maximum Gasteiger partial charge on any atom is 0.164 e. The van der Waals surface area contributed by atoms with Crippen molar-refractivity contribution in [3.8, 4) is 5.69 Å². The molecule has 1 heterocycles. The van der Waals surface area contributed by atoms with E-state index in [9.17, 15) is 4.79 Å². The minimum atomic E-state index is 0.277. The molecule has 0 amide bonds. The van der Waals surface area contributed by atoms with Gasteiger partial charge in [0.2, 0.25) is 0 Å². The Hall–Kier alpha value is -1.35. The van der Waals surface area contributed by atoms with Crippen LogP contribution in [-0.2, 0) is 6.42 Å². The predicted molar refractivity (Wildman–Crippen MR) is 75.5 cm³/mol. The zero-order chi connectivity index (χ0) is 12.7. The molecule has 0 radical (unpaired) electrons. The summed E-state index contributed by atoms with van der Waals surface area (Å²) in [5.41, 5.74) is 4.37. The minimum Gasteiger partial charge on any atom is -0.319 e. The molecule has 1 aromatic carbocycles. The third-order valence-electron chi connectivity index (χ3n) is 3.54. The summed E-state index contributed by atoms with van der Waals surface area (Å²) in [6, 6.07) is 8.16. The monoisotopic (exact) mass is 303 g/mol. The quantitative estimate of drug-likeness (QED) is 0.778. The lowest BCUT2D eigenvalue weighted by Crippen LogP contribution is -2.12. The van der Waals surface area contributed by atoms with Crippen molar-refractivity contribution in [3.05, 3.63) is 51.8 Å². The molecule has 3 heteroatoms. The van der Waals surface area contributed by atoms with Crippen LogP contribution in [0.1, 0.15) is 34.5 Å². The molecule has 2 nitrogen and oxygen atoms in total. The molecule has 0 saturated heterocycles. The van der Waals surface area contributed by atoms with Crippen LogP contribution < -0.4 is 0 Å². The van der Waals surface area contributed by atoms with Crippen molar-refractivity contribution in [3.63, 3.8) is 0 Å². The Balaban J connectivity index is 2.19. The average molecular weight is 304 g/mol. The number of aromatic nitrogens is 1. The molecule has 0 aliphatic heterocycles. The standard InChI is InChI=1S/C15H14BrNO/c1-10-4-2-6-13(15(10)16)17-9-8-11-12(17)5-3-7-14(11)18/h2,4,6,8-9H,3,5,7H2,1H3. The third kappa shape index (κ3) is 1.74. The fourth-order valence-corrected chi connectivity index (χ4v) is 3.02. The van der Waals surface area contributed by atoms with Gasteiger partial charge in [0, 0.05) is 28.3 Å². The first kappa shape index (κ1) is 11.7. The Bertz CT molecular complexity index is 627. The van der Waals surface area contributed by atoms with Crippen molar-refractivity contribution in [1.29, 1.82) is 0 Å². The zero-order valence-electron chi connectivity index (χ0n) is 10.2. The van der Waals surface area contributed by atoms with Crippen LogP contribution in [0.15, 0.2) is 34.9 Å². The Labute approximate surface area is 115 Å². The van der Waals surface area contributed by atoms with Crippen LogP contribution >= 0.6 is 15.9 Å². The van der Waals surface area contributed by atoms with Gasteiger partial charge in [-0.1, -0.05) is 12.1 Å². The van der Waals surface area contributed by atoms with E-state index in [1.807, 2.05) is 18.3 Å². The summed E-state index contributed by atoms with van der Waals surface area (Å²) in [4.78, 5) is 11.9. The first-order chi connectivity index (χ1) is 8.68. The lowest BCUT2D eigenvalue weighted by atomic mass is 9.96. The number of Topliss-reactive ketones (excluding diaryl/α,β-unsaturated/α-hetero) is 1. The number of hydrogen-bond acceptors (Lipinski definition) is 1. The maximum absolute atomic E-state index is 11.9. The van der Waals surface area contributed by atoms with Crippen LogP contribution in [0.25, 0.3) is 5.69 Å². The van der Waals surface area contributed by atoms with Crippen molar-refractivity contribution in [2.45, 2.75) is 26.2 Å². The topological polar surface area (TPSA) is 22.0 Å². The van der Waals surface area contributed by atoms with Gasteiger partial charge in [-0.3, -0.25) is 4.79 Å². The second kappa shape index (κ2) is 4.39. The number of fused-ring (bicyclic) bond motifs is 1. The van der Waals surface area contributed by atoms with Crippen LogP contribution in [0, 0.1) is 6.92 Å². The largest absolute Gasteiger partial charge is 0.319 e. The van der Waals surface area contributed by atoms with Gasteiger partial charge in [-0.15, -0.1) is 0 Å². The van der Waals surface area contributed by atoms with Crippen molar-refractivity contribution in [1.82, 2.24) is 4.57 Å². The second-order valence-corrected chi connectivity index (χ2v) is 5.52. The molecule has 0 atom stereocenters. The number of hydrogen-bond donors (Lipinski definition) is 0. The van der Waals surface area contributed by atoms with E-state index in [2.05, 4.69) is 39.6 Å². The summed E-state index contributed by atoms with van der Waals surface area (Å²) in [6.07, 6.45) is 4.63. The molecule has 0 unspecified atom stereocenters. The van der Waals surface area contributed by atoms with E-state index < -0.39 is 0 Å². The average Bonchev–Trinajstić information content (AvgIpc) is 2.78. The second-order valence-electron chi connectivity index (χ2n) is 4.73. The summed E-state index contributed by atoms with van der Waals surface area (Å²) < 4.78 is 3.24. The van der Waals surface area contributed by atoms with Crippen molar-refractivity contribution >= 4 is 21.7 Å². The normalized spacial score (nSPS) is 14.7. The highest BCUT2D eigenvalue weighted by atomic mass is 79.9. The molecular formula is C15H14BrNO. The molecule has 1 aromatic heterocycles. The highest BCUT2D eigenvalue weighted by molar-refractivity contribution is 9.10. The SMILES string of the molecule is Cc1cccc(-n2ccc3c2CCCC3=O)c1Br. The number of carbonyl (C=O) groups excluding carboxylic acids is 1. The Kier molecular flexibility index (Phi) is 2.86. The molecule has 0 fully saturated rings. The lowest BCUT2D eigenvalue weighted by molar-refractivity contribution is 0.0972. The summed E-state index contributed by atoms with van der Waals surface area (Å²) in [5, 5.41) is 0. The van der Waals surface area contributed by atoms with E-state index in [-0.39, 0.29) is 5.78 Å². The Morgan fingerprint density at radius 2 is 2.06 bits per heavy atom. The minimum absolute atomic E-state index is 0.277. The van der Waals surface area contributed by atoms with Crippen LogP contribution in [0.3, 0.4) is 0 Å². The smallest absolute Gasteiger partial charge is 0.164 e. The summed E-state index contributed by atoms with van der Waals surface area (Å²) in [6.45, 7) is 2.08. The number of rotatable bonds is 1. The van der Waals surface area contributed by atoms with E-state index >= 15 is 0 Å². The van der Waals surface area contributed by atoms with Gasteiger partial charge in [-0.25, -0.2) is 0 Å². The highest BCUT2D eigenvalue weighted by Crippen LogP contribution is 2.30. The van der Waals surface area contributed by atoms with E-state index in [0.717, 1.165) is 34.3 Å². The fraction of sp³-hybridized carbons (Fsp3) is 0.267. The van der Waals surface area contributed by atoms with Crippen molar-refractivity contribution in [2.24, 2.45) is 0 Å². The molecule has 2 aromatic rings. The van der Waals surface area contributed by atoms with Gasteiger partial charge in [-0.05, 0) is 53.4 Å². The van der Waals surface area contributed by atoms with Gasteiger partial charge in [0.15, 0.2) is 5.78 Å². The summed E-state index contributed by atoms with van der Waals surface area (Å²) in [7, 11) is 0. The van der Waals surface area contributed by atoms with Gasteiger partial charge in [-0.2, -0.15) is 0 Å². The summed E-state index contributed by atoms with van der Waals surface area (Å²) >= 11 is 3.64. The Morgan fingerprint density at radius 3 is 2.89 bits per heavy atom. The number of carbonyl (C=O) groups is 1. The molecule has 0 spiro atoms. The molecule has 3 rings (SSSR count). The number of nitrogens with zero attached hydrogens (tertiary/aromatic N) is 1. The van der Waals surface area contributed by atoms with Crippen LogP contribution in [0.5, 0.6) is 0 Å². The molecule has 92 valence electrons. The van der Waals surface area contributed by atoms with Gasteiger partial charge < -0.3 is 4.57 Å². The van der Waals surface area contributed by atoms with Crippen molar-refractivity contribution < 1.29 is 4.79 Å². The maximum atomic E-state index is 11.9. The van der Waals surface area contributed by atoms with Crippen molar-refractivity contribution in [2.75, 3.05) is 0 Å². The first-order valence-corrected chi connectivity index (χ1v) is 6.96. The molecule has 1 aliphatic rings. The number of ketones is 1. The number of aryl methyl sites for hydroxylation is 1. The molecule has 1 aliphatic carbocycles. The first-order valence-electron chi connectivity index (χ1n) is 6.17. The molecule has 18 heavy (non-hydrogen) atoms. The van der Waals surface area contributed by atoms with Crippen LogP contribution in [0.2, 0.25) is 0 Å². The fourth-order valence-electron chi connectivity index (χ4n) is 2.57. The van der Waals surface area contributed by atoms with Gasteiger partial charge in [0.1, 0.15) is 0 Å². The van der Waals surface area contributed by atoms with E-state index in [1.165, 1.54) is 5.56 Å². The summed E-state index contributed by atoms with van der Waals surface area (Å²) in [5.74, 6) is 0.277. The van der Waals surface area contributed by atoms with Crippen LogP contribution in [-0.4, -0.2) is 10.4 Å². The molecular weight excluding hydrogens is 290 g/mol.